The number of phenols is 2. The second-order valence-electron chi connectivity index (χ2n) is 8.64. The summed E-state index contributed by atoms with van der Waals surface area (Å²) in [6.07, 6.45) is 1.69. The zero-order valence-electron chi connectivity index (χ0n) is 19.7. The lowest BCUT2D eigenvalue weighted by Gasteiger charge is -2.06. The molecule has 0 spiro atoms. The number of phenolic OH excluding ortho intramolecular Hbond substituents is 2. The number of fused-ring (bicyclic) bond motifs is 1. The molecule has 5 aromatic carbocycles. The number of nitrogens with zero attached hydrogens (tertiary/aromatic N) is 2. The van der Waals surface area contributed by atoms with E-state index in [1.807, 2.05) is 97.1 Å². The van der Waals surface area contributed by atoms with E-state index in [2.05, 4.69) is 0 Å². The standard InChI is InChI=1S/C32H22N2O2S/c35-25-18-27(22-11-5-2-6-12-22)31-30(19-25)37-32(34-31)26-13-7-8-14-28(26)33-20-24-17-23(15-16-29(24)36)21-9-3-1-4-10-21/h1-20,35-36H/b33-20+. The smallest absolute Gasteiger partial charge is 0.126 e. The Morgan fingerprint density at radius 2 is 1.35 bits per heavy atom. The molecule has 5 heteroatoms. The van der Waals surface area contributed by atoms with Crippen molar-refractivity contribution in [2.24, 2.45) is 4.99 Å². The summed E-state index contributed by atoms with van der Waals surface area (Å²) in [5.41, 5.74) is 7.08. The zero-order chi connectivity index (χ0) is 25.2. The van der Waals surface area contributed by atoms with Crippen LogP contribution >= 0.6 is 11.3 Å². The maximum Gasteiger partial charge on any atom is 0.126 e. The van der Waals surface area contributed by atoms with Gasteiger partial charge in [-0.15, -0.1) is 11.3 Å². The van der Waals surface area contributed by atoms with E-state index in [1.165, 1.54) is 11.3 Å². The highest BCUT2D eigenvalue weighted by atomic mass is 32.1. The van der Waals surface area contributed by atoms with Crippen LogP contribution in [0.2, 0.25) is 0 Å². The maximum absolute atomic E-state index is 10.5. The summed E-state index contributed by atoms with van der Waals surface area (Å²) in [6.45, 7) is 0. The first-order chi connectivity index (χ1) is 18.2. The second-order valence-corrected chi connectivity index (χ2v) is 9.67. The van der Waals surface area contributed by atoms with E-state index in [0.717, 1.165) is 48.7 Å². The molecule has 6 rings (SSSR count). The van der Waals surface area contributed by atoms with Crippen LogP contribution in [-0.2, 0) is 0 Å². The van der Waals surface area contributed by atoms with Gasteiger partial charge >= 0.3 is 0 Å². The van der Waals surface area contributed by atoms with Gasteiger partial charge in [0.1, 0.15) is 16.5 Å². The molecule has 0 amide bonds. The molecule has 1 heterocycles. The number of rotatable bonds is 5. The van der Waals surface area contributed by atoms with Crippen LogP contribution in [0.5, 0.6) is 11.5 Å². The van der Waals surface area contributed by atoms with Crippen LogP contribution in [-0.4, -0.2) is 21.4 Å². The van der Waals surface area contributed by atoms with Crippen molar-refractivity contribution in [3.8, 4) is 44.3 Å². The fourth-order valence-corrected chi connectivity index (χ4v) is 5.40. The summed E-state index contributed by atoms with van der Waals surface area (Å²) in [6, 6.07) is 36.9. The first-order valence-electron chi connectivity index (χ1n) is 11.9. The average molecular weight is 499 g/mol. The molecule has 0 aliphatic carbocycles. The van der Waals surface area contributed by atoms with Gasteiger partial charge in [0.2, 0.25) is 0 Å². The third-order valence-corrected chi connectivity index (χ3v) is 7.21. The maximum atomic E-state index is 10.5. The number of aliphatic imine (C=N–C) groups is 1. The summed E-state index contributed by atoms with van der Waals surface area (Å²) in [4.78, 5) is 9.72. The molecule has 37 heavy (non-hydrogen) atoms. The molecule has 0 aliphatic rings. The van der Waals surface area contributed by atoms with Crippen molar-refractivity contribution in [1.82, 2.24) is 4.98 Å². The Morgan fingerprint density at radius 3 is 2.14 bits per heavy atom. The lowest BCUT2D eigenvalue weighted by atomic mass is 10.0. The molecule has 0 bridgehead atoms. The minimum Gasteiger partial charge on any atom is -0.508 e. The predicted octanol–water partition coefficient (Wildman–Crippen LogP) is 8.46. The molecule has 6 aromatic rings. The van der Waals surface area contributed by atoms with Crippen LogP contribution in [0.4, 0.5) is 5.69 Å². The summed E-state index contributed by atoms with van der Waals surface area (Å²) >= 11 is 1.52. The number of hydrogen-bond acceptors (Lipinski definition) is 5. The molecule has 4 nitrogen and oxygen atoms in total. The van der Waals surface area contributed by atoms with E-state index in [-0.39, 0.29) is 11.5 Å². The minimum absolute atomic E-state index is 0.170. The van der Waals surface area contributed by atoms with Gasteiger partial charge in [-0.1, -0.05) is 78.9 Å². The van der Waals surface area contributed by atoms with Crippen LogP contribution in [0.25, 0.3) is 43.0 Å². The number of thiazole rings is 1. The SMILES string of the molecule is Oc1cc(-c2ccccc2)c2nc(-c3ccccc3/N=C/c3cc(-c4ccccc4)ccc3O)sc2c1. The number of aromatic hydroxyl groups is 2. The van der Waals surface area contributed by atoms with Gasteiger partial charge in [0.05, 0.1) is 15.9 Å². The van der Waals surface area contributed by atoms with Crippen molar-refractivity contribution in [3.63, 3.8) is 0 Å². The molecule has 178 valence electrons. The summed E-state index contributed by atoms with van der Waals surface area (Å²) in [7, 11) is 0. The lowest BCUT2D eigenvalue weighted by Crippen LogP contribution is -1.86. The Labute approximate surface area is 218 Å². The van der Waals surface area contributed by atoms with Crippen molar-refractivity contribution >= 4 is 33.5 Å². The van der Waals surface area contributed by atoms with Gasteiger partial charge < -0.3 is 10.2 Å². The van der Waals surface area contributed by atoms with Gasteiger partial charge in [-0.2, -0.15) is 0 Å². The summed E-state index contributed by atoms with van der Waals surface area (Å²) < 4.78 is 0.904. The highest BCUT2D eigenvalue weighted by Crippen LogP contribution is 2.41. The monoisotopic (exact) mass is 498 g/mol. The molecule has 0 radical (unpaired) electrons. The summed E-state index contributed by atoms with van der Waals surface area (Å²) in [5.74, 6) is 0.380. The zero-order valence-corrected chi connectivity index (χ0v) is 20.6. The molecule has 0 fully saturated rings. The van der Waals surface area contributed by atoms with Gasteiger partial charge in [-0.3, -0.25) is 4.99 Å². The van der Waals surface area contributed by atoms with Crippen LogP contribution in [0.1, 0.15) is 5.56 Å². The topological polar surface area (TPSA) is 65.7 Å². The number of para-hydroxylation sites is 1. The molecule has 0 saturated heterocycles. The molecular formula is C32H22N2O2S. The van der Waals surface area contributed by atoms with E-state index >= 15 is 0 Å². The quantitative estimate of drug-likeness (QED) is 0.234. The van der Waals surface area contributed by atoms with Crippen molar-refractivity contribution in [3.05, 3.63) is 121 Å². The van der Waals surface area contributed by atoms with Gasteiger partial charge in [-0.25, -0.2) is 4.98 Å². The molecule has 0 atom stereocenters. The van der Waals surface area contributed by atoms with Crippen molar-refractivity contribution in [2.75, 3.05) is 0 Å². The van der Waals surface area contributed by atoms with E-state index in [9.17, 15) is 10.2 Å². The Bertz CT molecular complexity index is 1740. The third kappa shape index (κ3) is 4.60. The Morgan fingerprint density at radius 1 is 0.649 bits per heavy atom. The van der Waals surface area contributed by atoms with E-state index in [1.54, 1.807) is 24.4 Å². The number of aromatic nitrogens is 1. The first kappa shape index (κ1) is 22.7. The summed E-state index contributed by atoms with van der Waals surface area (Å²) in [5, 5.41) is 21.7. The lowest BCUT2D eigenvalue weighted by molar-refractivity contribution is 0.474. The van der Waals surface area contributed by atoms with E-state index in [0.29, 0.717) is 5.56 Å². The number of hydrogen-bond donors (Lipinski definition) is 2. The molecule has 0 unspecified atom stereocenters. The average Bonchev–Trinajstić information content (AvgIpc) is 3.37. The van der Waals surface area contributed by atoms with Crippen molar-refractivity contribution in [1.29, 1.82) is 0 Å². The fourth-order valence-electron chi connectivity index (χ4n) is 4.34. The largest absolute Gasteiger partial charge is 0.508 e. The van der Waals surface area contributed by atoms with E-state index < -0.39 is 0 Å². The Balaban J connectivity index is 1.40. The van der Waals surface area contributed by atoms with Crippen LogP contribution in [0.15, 0.2) is 120 Å². The molecule has 1 aromatic heterocycles. The first-order valence-corrected chi connectivity index (χ1v) is 12.7. The normalized spacial score (nSPS) is 11.4. The fraction of sp³-hybridized carbons (Fsp3) is 0. The Kier molecular flexibility index (Phi) is 5.97. The minimum atomic E-state index is 0.170. The second kappa shape index (κ2) is 9.72. The van der Waals surface area contributed by atoms with Gasteiger partial charge in [-0.05, 0) is 53.1 Å². The molecule has 2 N–H and O–H groups in total. The third-order valence-electron chi connectivity index (χ3n) is 6.18. The highest BCUT2D eigenvalue weighted by molar-refractivity contribution is 7.21. The predicted molar refractivity (Wildman–Crippen MR) is 153 cm³/mol. The molecular weight excluding hydrogens is 476 g/mol. The molecule has 0 saturated carbocycles. The van der Waals surface area contributed by atoms with Crippen molar-refractivity contribution < 1.29 is 10.2 Å². The Hall–Kier alpha value is -4.74. The van der Waals surface area contributed by atoms with Crippen LogP contribution < -0.4 is 0 Å². The highest BCUT2D eigenvalue weighted by Gasteiger charge is 2.15. The van der Waals surface area contributed by atoms with Crippen LogP contribution in [0.3, 0.4) is 0 Å². The van der Waals surface area contributed by atoms with E-state index in [4.69, 9.17) is 9.98 Å². The van der Waals surface area contributed by atoms with Gasteiger partial charge in [0.15, 0.2) is 0 Å². The van der Waals surface area contributed by atoms with Gasteiger partial charge in [0, 0.05) is 22.9 Å². The van der Waals surface area contributed by atoms with Gasteiger partial charge in [0.25, 0.3) is 0 Å². The molecule has 0 aliphatic heterocycles. The number of benzene rings is 5. The van der Waals surface area contributed by atoms with Crippen molar-refractivity contribution in [2.45, 2.75) is 0 Å². The van der Waals surface area contributed by atoms with Crippen LogP contribution in [0, 0.1) is 0 Å².